The second-order valence-electron chi connectivity index (χ2n) is 5.43. The largest absolute Gasteiger partial charge is 0.465 e. The summed E-state index contributed by atoms with van der Waals surface area (Å²) in [5.74, 6) is -0.737. The minimum Gasteiger partial charge on any atom is -0.465 e. The van der Waals surface area contributed by atoms with Crippen molar-refractivity contribution in [3.8, 4) is 11.3 Å². The van der Waals surface area contributed by atoms with Gasteiger partial charge in [0.05, 0.1) is 18.4 Å². The molecule has 0 saturated carbocycles. The molecule has 6 heteroatoms. The maximum atomic E-state index is 12.4. The van der Waals surface area contributed by atoms with Gasteiger partial charge in [0.15, 0.2) is 5.69 Å². The van der Waals surface area contributed by atoms with E-state index >= 15 is 0 Å². The summed E-state index contributed by atoms with van der Waals surface area (Å²) >= 11 is 0. The van der Waals surface area contributed by atoms with Gasteiger partial charge in [-0.15, -0.1) is 0 Å². The summed E-state index contributed by atoms with van der Waals surface area (Å²) in [5.41, 5.74) is 3.15. The van der Waals surface area contributed by atoms with Crippen LogP contribution in [0.25, 0.3) is 11.3 Å². The summed E-state index contributed by atoms with van der Waals surface area (Å²) in [4.78, 5) is 23.8. The molecule has 25 heavy (non-hydrogen) atoms. The van der Waals surface area contributed by atoms with E-state index in [1.165, 1.54) is 7.11 Å². The Morgan fingerprint density at radius 3 is 2.36 bits per heavy atom. The van der Waals surface area contributed by atoms with Crippen LogP contribution in [0.1, 0.15) is 20.8 Å². The van der Waals surface area contributed by atoms with Gasteiger partial charge in [-0.3, -0.25) is 9.48 Å². The highest BCUT2D eigenvalue weighted by Gasteiger charge is 2.14. The zero-order valence-corrected chi connectivity index (χ0v) is 13.9. The second-order valence-corrected chi connectivity index (χ2v) is 5.43. The number of aromatic nitrogens is 2. The molecule has 0 spiro atoms. The molecule has 6 nitrogen and oxygen atoms in total. The quantitative estimate of drug-likeness (QED) is 0.744. The summed E-state index contributed by atoms with van der Waals surface area (Å²) in [6.07, 6.45) is 0. The summed E-state index contributed by atoms with van der Waals surface area (Å²) in [7, 11) is 3.12. The first kappa shape index (κ1) is 16.4. The van der Waals surface area contributed by atoms with Gasteiger partial charge in [-0.05, 0) is 35.9 Å². The van der Waals surface area contributed by atoms with Crippen molar-refractivity contribution in [2.24, 2.45) is 7.05 Å². The van der Waals surface area contributed by atoms with E-state index in [0.29, 0.717) is 16.9 Å². The van der Waals surface area contributed by atoms with E-state index in [-0.39, 0.29) is 5.91 Å². The van der Waals surface area contributed by atoms with Crippen LogP contribution in [0.3, 0.4) is 0 Å². The summed E-state index contributed by atoms with van der Waals surface area (Å²) in [5, 5.41) is 7.04. The number of carbonyl (C=O) groups excluding carboxylic acids is 2. The minimum absolute atomic E-state index is 0.316. The van der Waals surface area contributed by atoms with Gasteiger partial charge in [0.25, 0.3) is 5.91 Å². The van der Waals surface area contributed by atoms with E-state index in [1.807, 2.05) is 30.3 Å². The molecule has 1 amide bonds. The lowest BCUT2D eigenvalue weighted by Gasteiger charge is -2.04. The first-order valence-electron chi connectivity index (χ1n) is 7.67. The Kier molecular flexibility index (Phi) is 4.61. The molecule has 0 saturated heterocycles. The smallest absolute Gasteiger partial charge is 0.337 e. The number of carbonyl (C=O) groups is 2. The number of benzene rings is 2. The Balaban J connectivity index is 1.77. The zero-order valence-electron chi connectivity index (χ0n) is 13.9. The van der Waals surface area contributed by atoms with Crippen LogP contribution in [0.5, 0.6) is 0 Å². The molecule has 0 unspecified atom stereocenters. The van der Waals surface area contributed by atoms with E-state index in [1.54, 1.807) is 42.1 Å². The minimum atomic E-state index is -0.421. The lowest BCUT2D eigenvalue weighted by atomic mass is 10.1. The number of esters is 1. The fourth-order valence-corrected chi connectivity index (χ4v) is 2.46. The van der Waals surface area contributed by atoms with Gasteiger partial charge < -0.3 is 10.1 Å². The Labute approximate surface area is 145 Å². The number of ether oxygens (including phenoxy) is 1. The van der Waals surface area contributed by atoms with Crippen molar-refractivity contribution in [3.63, 3.8) is 0 Å². The third kappa shape index (κ3) is 3.58. The van der Waals surface area contributed by atoms with Crippen LogP contribution >= 0.6 is 0 Å². The number of aryl methyl sites for hydroxylation is 1. The maximum Gasteiger partial charge on any atom is 0.337 e. The van der Waals surface area contributed by atoms with Crippen molar-refractivity contribution in [3.05, 3.63) is 71.9 Å². The molecule has 1 heterocycles. The highest BCUT2D eigenvalue weighted by Crippen LogP contribution is 2.20. The number of amides is 1. The number of hydrogen-bond donors (Lipinski definition) is 1. The molecule has 1 aromatic heterocycles. The van der Waals surface area contributed by atoms with Gasteiger partial charge in [0, 0.05) is 12.7 Å². The molecule has 0 fully saturated rings. The number of rotatable bonds is 4. The van der Waals surface area contributed by atoms with E-state index in [2.05, 4.69) is 15.2 Å². The molecule has 0 aliphatic rings. The third-order valence-corrected chi connectivity index (χ3v) is 3.75. The first-order valence-corrected chi connectivity index (χ1v) is 7.67. The predicted octanol–water partition coefficient (Wildman–Crippen LogP) is 3.13. The van der Waals surface area contributed by atoms with Gasteiger partial charge in [-0.25, -0.2) is 4.79 Å². The highest BCUT2D eigenvalue weighted by atomic mass is 16.5. The maximum absolute atomic E-state index is 12.4. The Hall–Kier alpha value is -3.41. The predicted molar refractivity (Wildman–Crippen MR) is 94.4 cm³/mol. The molecule has 0 aliphatic heterocycles. The number of nitrogens with zero attached hydrogens (tertiary/aromatic N) is 2. The van der Waals surface area contributed by atoms with Crippen LogP contribution in [-0.4, -0.2) is 28.8 Å². The summed E-state index contributed by atoms with van der Waals surface area (Å²) in [6.45, 7) is 0. The molecule has 3 aromatic rings. The fourth-order valence-electron chi connectivity index (χ4n) is 2.46. The average molecular weight is 335 g/mol. The van der Waals surface area contributed by atoms with Gasteiger partial charge in [-0.2, -0.15) is 5.10 Å². The summed E-state index contributed by atoms with van der Waals surface area (Å²) < 4.78 is 6.32. The van der Waals surface area contributed by atoms with Crippen LogP contribution in [0.4, 0.5) is 5.69 Å². The molecule has 1 N–H and O–H groups in total. The topological polar surface area (TPSA) is 73.2 Å². The van der Waals surface area contributed by atoms with E-state index in [4.69, 9.17) is 0 Å². The van der Waals surface area contributed by atoms with Crippen molar-refractivity contribution < 1.29 is 14.3 Å². The van der Waals surface area contributed by atoms with Gasteiger partial charge in [-0.1, -0.05) is 30.3 Å². The molecular weight excluding hydrogens is 318 g/mol. The molecule has 0 radical (unpaired) electrons. The van der Waals surface area contributed by atoms with Gasteiger partial charge >= 0.3 is 5.97 Å². The summed E-state index contributed by atoms with van der Waals surface area (Å²) in [6, 6.07) is 17.9. The normalized spacial score (nSPS) is 10.3. The van der Waals surface area contributed by atoms with Crippen molar-refractivity contribution >= 4 is 17.6 Å². The van der Waals surface area contributed by atoms with Gasteiger partial charge in [0.2, 0.25) is 0 Å². The molecule has 126 valence electrons. The van der Waals surface area contributed by atoms with Crippen molar-refractivity contribution in [2.45, 2.75) is 0 Å². The van der Waals surface area contributed by atoms with E-state index in [0.717, 1.165) is 11.3 Å². The number of nitrogens with one attached hydrogen (secondary N) is 1. The SMILES string of the molecule is COC(=O)c1ccc(NC(=O)c2cc(-c3ccccc3)n(C)n2)cc1. The van der Waals surface area contributed by atoms with Gasteiger partial charge in [0.1, 0.15) is 0 Å². The molecule has 3 rings (SSSR count). The van der Waals surface area contributed by atoms with Crippen LogP contribution in [0.2, 0.25) is 0 Å². The van der Waals surface area contributed by atoms with Crippen LogP contribution in [0.15, 0.2) is 60.7 Å². The Bertz CT molecular complexity index is 899. The molecule has 0 atom stereocenters. The standard InChI is InChI=1S/C19H17N3O3/c1-22-17(13-6-4-3-5-7-13)12-16(21-22)18(23)20-15-10-8-14(9-11-15)19(24)25-2/h3-12H,1-2H3,(H,20,23). The van der Waals surface area contributed by atoms with Crippen molar-refractivity contribution in [1.82, 2.24) is 9.78 Å². The Morgan fingerprint density at radius 1 is 1.04 bits per heavy atom. The number of anilines is 1. The number of methoxy groups -OCH3 is 1. The lowest BCUT2D eigenvalue weighted by molar-refractivity contribution is 0.0600. The molecule has 0 bridgehead atoms. The van der Waals surface area contributed by atoms with Crippen molar-refractivity contribution in [1.29, 1.82) is 0 Å². The van der Waals surface area contributed by atoms with E-state index in [9.17, 15) is 9.59 Å². The lowest BCUT2D eigenvalue weighted by Crippen LogP contribution is -2.13. The Morgan fingerprint density at radius 2 is 1.72 bits per heavy atom. The van der Waals surface area contributed by atoms with Crippen LogP contribution in [-0.2, 0) is 11.8 Å². The molecule has 0 aliphatic carbocycles. The second kappa shape index (κ2) is 7.00. The van der Waals surface area contributed by atoms with E-state index < -0.39 is 5.97 Å². The molecule has 2 aromatic carbocycles. The highest BCUT2D eigenvalue weighted by molar-refractivity contribution is 6.03. The first-order chi connectivity index (χ1) is 12.1. The van der Waals surface area contributed by atoms with Crippen LogP contribution in [0, 0.1) is 0 Å². The monoisotopic (exact) mass is 335 g/mol. The van der Waals surface area contributed by atoms with Crippen molar-refractivity contribution in [2.75, 3.05) is 12.4 Å². The molecular formula is C19H17N3O3. The third-order valence-electron chi connectivity index (χ3n) is 3.75. The fraction of sp³-hybridized carbons (Fsp3) is 0.105. The van der Waals surface area contributed by atoms with Crippen LogP contribution < -0.4 is 5.32 Å². The zero-order chi connectivity index (χ0) is 17.8. The number of hydrogen-bond acceptors (Lipinski definition) is 4. The average Bonchev–Trinajstić information content (AvgIpc) is 3.04.